The third-order valence-electron chi connectivity index (χ3n) is 14.3. The Hall–Kier alpha value is -7.10. The lowest BCUT2D eigenvalue weighted by Gasteiger charge is -2.23. The van der Waals surface area contributed by atoms with Crippen LogP contribution in [0.3, 0.4) is 0 Å². The summed E-state index contributed by atoms with van der Waals surface area (Å²) in [5, 5.41) is 15.8. The van der Waals surface area contributed by atoms with E-state index in [9.17, 15) is 0 Å². The highest BCUT2D eigenvalue weighted by atomic mass is 32.1. The number of hydrogen-bond donors (Lipinski definition) is 0. The topological polar surface area (TPSA) is 0 Å². The van der Waals surface area contributed by atoms with Gasteiger partial charge in [0, 0.05) is 45.8 Å². The normalized spacial score (nSPS) is 13.4. The summed E-state index contributed by atoms with van der Waals surface area (Å²) in [7, 11) is 0. The van der Waals surface area contributed by atoms with Crippen LogP contribution >= 0.6 is 22.7 Å². The van der Waals surface area contributed by atoms with Gasteiger partial charge in [-0.15, -0.1) is 22.7 Å². The van der Waals surface area contributed by atoms with Gasteiger partial charge < -0.3 is 0 Å². The highest BCUT2D eigenvalue weighted by Crippen LogP contribution is 2.54. The lowest BCUT2D eigenvalue weighted by Crippen LogP contribution is -2.15. The van der Waals surface area contributed by atoms with E-state index in [4.69, 9.17) is 0 Å². The average molecular weight is 835 g/mol. The highest BCUT2D eigenvalue weighted by Gasteiger charge is 2.36. The van der Waals surface area contributed by atoms with Crippen LogP contribution in [0.2, 0.25) is 0 Å². The molecule has 11 aromatic carbocycles. The third-order valence-corrected chi connectivity index (χ3v) is 16.7. The van der Waals surface area contributed by atoms with Gasteiger partial charge in [-0.2, -0.15) is 0 Å². The Kier molecular flexibility index (Phi) is 7.31. The molecule has 0 N–H and O–H groups in total. The minimum Gasteiger partial charge on any atom is -0.134 e. The molecule has 0 nitrogen and oxygen atoms in total. The first-order chi connectivity index (χ1) is 31.0. The zero-order valence-corrected chi connectivity index (χ0v) is 36.4. The molecule has 0 fully saturated rings. The minimum atomic E-state index is -0.158. The lowest BCUT2D eigenvalue weighted by molar-refractivity contribution is 0.660. The van der Waals surface area contributed by atoms with Crippen LogP contribution in [-0.2, 0) is 5.41 Å². The molecule has 0 atom stereocenters. The number of hydrogen-bond acceptors (Lipinski definition) is 2. The fraction of sp³-hybridized carbons (Fsp3) is 0.0492. The van der Waals surface area contributed by atoms with Crippen LogP contribution < -0.4 is 0 Å². The summed E-state index contributed by atoms with van der Waals surface area (Å²) in [4.78, 5) is 0. The van der Waals surface area contributed by atoms with Gasteiger partial charge >= 0.3 is 0 Å². The molecule has 1 aliphatic carbocycles. The largest absolute Gasteiger partial charge is 0.134 e. The molecular formula is C61H38S2. The van der Waals surface area contributed by atoms with Crippen molar-refractivity contribution >= 4 is 106 Å². The summed E-state index contributed by atoms with van der Waals surface area (Å²) in [6.45, 7) is 4.82. The number of rotatable bonds is 3. The zero-order chi connectivity index (χ0) is 41.6. The monoisotopic (exact) mass is 834 g/mol. The van der Waals surface area contributed by atoms with Crippen molar-refractivity contribution in [1.29, 1.82) is 0 Å². The summed E-state index contributed by atoms with van der Waals surface area (Å²) in [5.41, 5.74) is 13.0. The van der Waals surface area contributed by atoms with E-state index < -0.39 is 0 Å². The molecule has 1 aliphatic rings. The predicted octanol–water partition coefficient (Wildman–Crippen LogP) is 18.3. The summed E-state index contributed by atoms with van der Waals surface area (Å²) in [6.07, 6.45) is 0. The fourth-order valence-corrected chi connectivity index (χ4v) is 14.0. The van der Waals surface area contributed by atoms with Crippen molar-refractivity contribution in [2.75, 3.05) is 0 Å². The van der Waals surface area contributed by atoms with Gasteiger partial charge in [-0.25, -0.2) is 0 Å². The van der Waals surface area contributed by atoms with Crippen molar-refractivity contribution in [1.82, 2.24) is 0 Å². The van der Waals surface area contributed by atoms with E-state index in [1.54, 1.807) is 0 Å². The van der Waals surface area contributed by atoms with Crippen molar-refractivity contribution in [3.63, 3.8) is 0 Å². The molecule has 13 aromatic rings. The molecule has 0 saturated carbocycles. The van der Waals surface area contributed by atoms with Crippen LogP contribution in [0, 0.1) is 0 Å². The van der Waals surface area contributed by atoms with Crippen LogP contribution in [-0.4, -0.2) is 0 Å². The highest BCUT2D eigenvalue weighted by molar-refractivity contribution is 7.30. The summed E-state index contributed by atoms with van der Waals surface area (Å²) in [5.74, 6) is 0. The zero-order valence-electron chi connectivity index (χ0n) is 34.8. The molecule has 2 heteroatoms. The number of benzene rings is 11. The smallest absolute Gasteiger partial charge is 0.0448 e. The summed E-state index contributed by atoms with van der Waals surface area (Å²) in [6, 6.07) is 73.2. The summed E-state index contributed by atoms with van der Waals surface area (Å²) >= 11 is 3.89. The molecule has 0 aliphatic heterocycles. The van der Waals surface area contributed by atoms with Crippen molar-refractivity contribution in [3.8, 4) is 44.5 Å². The Morgan fingerprint density at radius 2 is 0.905 bits per heavy atom. The second-order valence-corrected chi connectivity index (χ2v) is 20.0. The van der Waals surface area contributed by atoms with Crippen molar-refractivity contribution in [2.45, 2.75) is 19.3 Å². The molecule has 0 radical (unpaired) electrons. The maximum atomic E-state index is 2.51. The molecule has 294 valence electrons. The second-order valence-electron chi connectivity index (χ2n) is 17.9. The molecule has 2 heterocycles. The van der Waals surface area contributed by atoms with Gasteiger partial charge in [0.2, 0.25) is 0 Å². The van der Waals surface area contributed by atoms with Crippen molar-refractivity contribution in [2.24, 2.45) is 0 Å². The molecule has 0 unspecified atom stereocenters. The van der Waals surface area contributed by atoms with Crippen LogP contribution in [0.5, 0.6) is 0 Å². The first-order valence-corrected chi connectivity index (χ1v) is 23.5. The Balaban J connectivity index is 0.930. The number of fused-ring (bicyclic) bond motifs is 15. The molecular weight excluding hydrogens is 797 g/mol. The molecule has 14 rings (SSSR count). The van der Waals surface area contributed by atoms with Gasteiger partial charge in [-0.3, -0.25) is 0 Å². The van der Waals surface area contributed by atoms with Gasteiger partial charge in [0.05, 0.1) is 0 Å². The van der Waals surface area contributed by atoms with E-state index in [1.807, 2.05) is 22.7 Å². The maximum Gasteiger partial charge on any atom is 0.0448 e. The SMILES string of the molecule is CC1(C)c2ccc(-c3cccc4c3sc3ccc5c6ccc7ccccc7c6sc5c34)cc2-c2ccc(-c3c4ccccc4c(-c4cccc5ccccc45)c4ccccc34)cc21. The van der Waals surface area contributed by atoms with Gasteiger partial charge in [0.25, 0.3) is 0 Å². The molecule has 0 saturated heterocycles. The third kappa shape index (κ3) is 4.91. The van der Waals surface area contributed by atoms with Crippen molar-refractivity contribution in [3.05, 3.63) is 205 Å². The molecule has 63 heavy (non-hydrogen) atoms. The Bertz CT molecular complexity index is 4060. The molecule has 2 aromatic heterocycles. The second kappa shape index (κ2) is 13.0. The summed E-state index contributed by atoms with van der Waals surface area (Å²) < 4.78 is 5.49. The standard InChI is InChI=1S/C61H38S2/c1-61(2)52-31-27-37(41-22-12-24-50-57-54(62-59(41)50)32-30-49-48-29-25-36-14-4-6-17-40(36)58(48)63-60(49)57)33-51(52)42-28-26-38(34-53(42)61)55-44-18-7-9-20-46(44)56(47-21-10-8-19-45(47)55)43-23-11-15-35-13-3-5-16-39(35)43/h3-34H,1-2H3. The quantitative estimate of drug-likeness (QED) is 0.156. The van der Waals surface area contributed by atoms with Gasteiger partial charge in [-0.05, 0) is 117 Å². The first-order valence-electron chi connectivity index (χ1n) is 21.9. The molecule has 0 bridgehead atoms. The van der Waals surface area contributed by atoms with Crippen molar-refractivity contribution < 1.29 is 0 Å². The first kappa shape index (κ1) is 35.5. The lowest BCUT2D eigenvalue weighted by atomic mass is 9.80. The van der Waals surface area contributed by atoms with E-state index in [1.165, 1.54) is 139 Å². The minimum absolute atomic E-state index is 0.158. The number of thiophene rings is 2. The Labute approximate surface area is 372 Å². The van der Waals surface area contributed by atoms with E-state index in [-0.39, 0.29) is 5.41 Å². The molecule has 0 spiro atoms. The van der Waals surface area contributed by atoms with Gasteiger partial charge in [0.15, 0.2) is 0 Å². The van der Waals surface area contributed by atoms with E-state index >= 15 is 0 Å². The van der Waals surface area contributed by atoms with Crippen LogP contribution in [0.4, 0.5) is 0 Å². The Morgan fingerprint density at radius 1 is 0.317 bits per heavy atom. The predicted molar refractivity (Wildman–Crippen MR) is 276 cm³/mol. The van der Waals surface area contributed by atoms with Gasteiger partial charge in [0.1, 0.15) is 0 Å². The average Bonchev–Trinajstić information content (AvgIpc) is 3.98. The van der Waals surface area contributed by atoms with E-state index in [0.717, 1.165) is 0 Å². The van der Waals surface area contributed by atoms with Gasteiger partial charge in [-0.1, -0.05) is 190 Å². The van der Waals surface area contributed by atoms with E-state index in [0.29, 0.717) is 0 Å². The fourth-order valence-electron chi connectivity index (χ4n) is 11.3. The van der Waals surface area contributed by atoms with E-state index in [2.05, 4.69) is 208 Å². The maximum absolute atomic E-state index is 2.51. The van der Waals surface area contributed by atoms with Crippen LogP contribution in [0.25, 0.3) is 128 Å². The molecule has 0 amide bonds. The van der Waals surface area contributed by atoms with Crippen LogP contribution in [0.1, 0.15) is 25.0 Å². The Morgan fingerprint density at radius 3 is 1.68 bits per heavy atom. The van der Waals surface area contributed by atoms with Crippen LogP contribution in [0.15, 0.2) is 194 Å².